The Morgan fingerprint density at radius 1 is 1.44 bits per heavy atom. The summed E-state index contributed by atoms with van der Waals surface area (Å²) >= 11 is 5.61. The molecule has 6 heteroatoms. The largest absolute Gasteiger partial charge is 0.416 e. The van der Waals surface area contributed by atoms with Crippen LogP contribution in [0.1, 0.15) is 31.7 Å². The highest BCUT2D eigenvalue weighted by atomic mass is 35.5. The number of alkyl halides is 3. The van der Waals surface area contributed by atoms with E-state index in [-0.39, 0.29) is 17.0 Å². The number of rotatable bonds is 4. The minimum Gasteiger partial charge on any atom is -0.367 e. The monoisotopic (exact) mass is 278 g/mol. The molecular formula is C12H14ClF3N2. The molecule has 1 heterocycles. The van der Waals surface area contributed by atoms with Crippen LogP contribution in [0.5, 0.6) is 0 Å². The lowest BCUT2D eigenvalue weighted by molar-refractivity contribution is -0.137. The maximum atomic E-state index is 12.6. The molecule has 0 aromatic carbocycles. The molecule has 1 aliphatic rings. The van der Waals surface area contributed by atoms with Gasteiger partial charge < -0.3 is 5.32 Å². The molecule has 0 bridgehead atoms. The number of halogens is 4. The van der Waals surface area contributed by atoms with E-state index in [4.69, 9.17) is 11.6 Å². The molecule has 2 nitrogen and oxygen atoms in total. The van der Waals surface area contributed by atoms with Crippen LogP contribution in [0.4, 0.5) is 19.0 Å². The van der Waals surface area contributed by atoms with Crippen LogP contribution in [0.2, 0.25) is 5.15 Å². The van der Waals surface area contributed by atoms with E-state index in [1.165, 1.54) is 0 Å². The molecule has 1 aromatic heterocycles. The summed E-state index contributed by atoms with van der Waals surface area (Å²) in [5.41, 5.74) is -0.766. The molecule has 0 radical (unpaired) electrons. The van der Waals surface area contributed by atoms with Crippen molar-refractivity contribution >= 4 is 17.4 Å². The molecule has 0 aliphatic heterocycles. The van der Waals surface area contributed by atoms with E-state index < -0.39 is 11.7 Å². The maximum absolute atomic E-state index is 12.6. The molecular weight excluding hydrogens is 265 g/mol. The highest BCUT2D eigenvalue weighted by Gasteiger charge is 2.37. The van der Waals surface area contributed by atoms with Crippen molar-refractivity contribution in [1.82, 2.24) is 4.98 Å². The molecule has 2 atom stereocenters. The van der Waals surface area contributed by atoms with Crippen molar-refractivity contribution < 1.29 is 13.2 Å². The van der Waals surface area contributed by atoms with Gasteiger partial charge in [0.15, 0.2) is 0 Å². The second kappa shape index (κ2) is 4.96. The molecule has 0 spiro atoms. The van der Waals surface area contributed by atoms with Crippen molar-refractivity contribution in [1.29, 1.82) is 0 Å². The molecule has 2 unspecified atom stereocenters. The number of hydrogen-bond acceptors (Lipinski definition) is 2. The minimum atomic E-state index is -4.39. The first kappa shape index (κ1) is 13.5. The number of pyridine rings is 1. The van der Waals surface area contributed by atoms with Gasteiger partial charge in [-0.05, 0) is 30.9 Å². The predicted octanol–water partition coefficient (Wildman–Crippen LogP) is 4.35. The van der Waals surface area contributed by atoms with Crippen molar-refractivity contribution in [2.45, 2.75) is 38.4 Å². The third kappa shape index (κ3) is 3.28. The minimum absolute atomic E-state index is 0.139. The van der Waals surface area contributed by atoms with Gasteiger partial charge in [-0.25, -0.2) is 4.98 Å². The topological polar surface area (TPSA) is 24.9 Å². The molecule has 1 N–H and O–H groups in total. The maximum Gasteiger partial charge on any atom is 0.416 e. The smallest absolute Gasteiger partial charge is 0.367 e. The number of hydrogen-bond donors (Lipinski definition) is 1. The lowest BCUT2D eigenvalue weighted by atomic mass is 10.2. The average molecular weight is 279 g/mol. The van der Waals surface area contributed by atoms with Crippen molar-refractivity contribution in [3.8, 4) is 0 Å². The third-order valence-corrected chi connectivity index (χ3v) is 3.23. The van der Waals surface area contributed by atoms with E-state index in [2.05, 4.69) is 17.2 Å². The van der Waals surface area contributed by atoms with Crippen molar-refractivity contribution in [3.05, 3.63) is 22.8 Å². The van der Waals surface area contributed by atoms with Gasteiger partial charge in [0.05, 0.1) is 5.56 Å². The molecule has 1 aliphatic carbocycles. The van der Waals surface area contributed by atoms with E-state index in [0.29, 0.717) is 5.92 Å². The molecule has 18 heavy (non-hydrogen) atoms. The van der Waals surface area contributed by atoms with E-state index >= 15 is 0 Å². The summed E-state index contributed by atoms with van der Waals surface area (Å²) in [5, 5.41) is 2.87. The zero-order chi connectivity index (χ0) is 13.3. The van der Waals surface area contributed by atoms with Crippen molar-refractivity contribution in [2.75, 3.05) is 5.32 Å². The molecule has 0 amide bonds. The summed E-state index contributed by atoms with van der Waals surface area (Å²) in [4.78, 5) is 3.88. The Hall–Kier alpha value is -0.970. The average Bonchev–Trinajstić information content (AvgIpc) is 2.94. The number of nitrogens with one attached hydrogen (secondary N) is 1. The Morgan fingerprint density at radius 2 is 2.17 bits per heavy atom. The van der Waals surface area contributed by atoms with Crippen LogP contribution in [-0.4, -0.2) is 11.0 Å². The van der Waals surface area contributed by atoms with Gasteiger partial charge in [0.2, 0.25) is 0 Å². The van der Waals surface area contributed by atoms with Gasteiger partial charge in [0.1, 0.15) is 11.0 Å². The lowest BCUT2D eigenvalue weighted by Crippen LogP contribution is -2.10. The molecule has 2 rings (SSSR count). The summed E-state index contributed by atoms with van der Waals surface area (Å²) in [5.74, 6) is 0.753. The van der Waals surface area contributed by atoms with E-state index in [9.17, 15) is 13.2 Å². The first-order valence-electron chi connectivity index (χ1n) is 5.91. The summed E-state index contributed by atoms with van der Waals surface area (Å²) in [6.45, 7) is 2.09. The fourth-order valence-corrected chi connectivity index (χ4v) is 2.25. The summed E-state index contributed by atoms with van der Waals surface area (Å²) in [7, 11) is 0. The van der Waals surface area contributed by atoms with Crippen LogP contribution in [0.3, 0.4) is 0 Å². The highest BCUT2D eigenvalue weighted by molar-refractivity contribution is 6.29. The Balaban J connectivity index is 2.08. The van der Waals surface area contributed by atoms with E-state index in [1.807, 2.05) is 0 Å². The predicted molar refractivity (Wildman–Crippen MR) is 64.7 cm³/mol. The van der Waals surface area contributed by atoms with Gasteiger partial charge in [-0.2, -0.15) is 13.2 Å². The van der Waals surface area contributed by atoms with E-state index in [0.717, 1.165) is 31.4 Å². The molecule has 0 saturated heterocycles. The zero-order valence-electron chi connectivity index (χ0n) is 9.89. The Kier molecular flexibility index (Phi) is 3.71. The first-order valence-corrected chi connectivity index (χ1v) is 6.29. The standard InChI is InChI=1S/C12H14ClF3N2/c1-2-3-7-4-9(7)17-11-6-8(12(14,15)16)5-10(13)18-11/h5-7,9H,2-4H2,1H3,(H,17,18). The van der Waals surface area contributed by atoms with Crippen LogP contribution in [-0.2, 0) is 6.18 Å². The fraction of sp³-hybridized carbons (Fsp3) is 0.583. The summed E-state index contributed by atoms with van der Waals surface area (Å²) < 4.78 is 37.8. The number of anilines is 1. The Morgan fingerprint density at radius 3 is 2.78 bits per heavy atom. The van der Waals surface area contributed by atoms with Crippen LogP contribution >= 0.6 is 11.6 Å². The fourth-order valence-electron chi connectivity index (χ4n) is 2.04. The van der Waals surface area contributed by atoms with Crippen molar-refractivity contribution in [2.24, 2.45) is 5.92 Å². The molecule has 100 valence electrons. The van der Waals surface area contributed by atoms with Gasteiger partial charge in [0.25, 0.3) is 0 Å². The third-order valence-electron chi connectivity index (χ3n) is 3.04. The first-order chi connectivity index (χ1) is 8.40. The summed E-state index contributed by atoms with van der Waals surface area (Å²) in [6, 6.07) is 2.08. The molecule has 1 fully saturated rings. The SMILES string of the molecule is CCCC1CC1Nc1cc(C(F)(F)F)cc(Cl)n1. The number of aromatic nitrogens is 1. The van der Waals surface area contributed by atoms with Gasteiger partial charge in [-0.3, -0.25) is 0 Å². The van der Waals surface area contributed by atoms with Crippen molar-refractivity contribution in [3.63, 3.8) is 0 Å². The molecule has 1 aromatic rings. The Bertz CT molecular complexity index is 434. The normalized spacial score (nSPS) is 22.9. The number of nitrogens with zero attached hydrogens (tertiary/aromatic N) is 1. The quantitative estimate of drug-likeness (QED) is 0.828. The lowest BCUT2D eigenvalue weighted by Gasteiger charge is -2.10. The second-order valence-corrected chi connectivity index (χ2v) is 4.98. The van der Waals surface area contributed by atoms with Crippen LogP contribution in [0.15, 0.2) is 12.1 Å². The van der Waals surface area contributed by atoms with Crippen LogP contribution in [0, 0.1) is 5.92 Å². The van der Waals surface area contributed by atoms with Gasteiger partial charge in [-0.1, -0.05) is 24.9 Å². The van der Waals surface area contributed by atoms with Crippen LogP contribution < -0.4 is 5.32 Å². The van der Waals surface area contributed by atoms with E-state index in [1.54, 1.807) is 0 Å². The van der Waals surface area contributed by atoms with Crippen LogP contribution in [0.25, 0.3) is 0 Å². The van der Waals surface area contributed by atoms with Gasteiger partial charge in [0, 0.05) is 6.04 Å². The summed E-state index contributed by atoms with van der Waals surface area (Å²) in [6.07, 6.45) is -1.23. The zero-order valence-corrected chi connectivity index (χ0v) is 10.6. The van der Waals surface area contributed by atoms with Gasteiger partial charge in [-0.15, -0.1) is 0 Å². The Labute approximate surface area is 109 Å². The van der Waals surface area contributed by atoms with Gasteiger partial charge >= 0.3 is 6.18 Å². The molecule has 1 saturated carbocycles. The second-order valence-electron chi connectivity index (χ2n) is 4.60. The highest BCUT2D eigenvalue weighted by Crippen LogP contribution is 2.38.